The molecule has 0 unspecified atom stereocenters. The maximum absolute atomic E-state index is 13.7. The number of likely N-dealkylation sites (tertiary alicyclic amines) is 1. The van der Waals surface area contributed by atoms with Crippen LogP contribution in [0.4, 0.5) is 9.18 Å². The maximum Gasteiger partial charge on any atom is 0.409 e. The highest BCUT2D eigenvalue weighted by Crippen LogP contribution is 2.33. The van der Waals surface area contributed by atoms with E-state index in [-0.39, 0.29) is 11.9 Å². The molecule has 1 N–H and O–H groups in total. The first kappa shape index (κ1) is 29.0. The smallest absolute Gasteiger partial charge is 0.409 e. The zero-order valence-electron chi connectivity index (χ0n) is 22.9. The molecular weight excluding hydrogens is 463 g/mol. The van der Waals surface area contributed by atoms with Crippen LogP contribution in [-0.4, -0.2) is 35.7 Å². The fourth-order valence-corrected chi connectivity index (χ4v) is 5.17. The van der Waals surface area contributed by atoms with Crippen molar-refractivity contribution in [2.45, 2.75) is 103 Å². The van der Waals surface area contributed by atoms with Crippen molar-refractivity contribution in [2.24, 2.45) is 0 Å². The van der Waals surface area contributed by atoms with Gasteiger partial charge in [-0.05, 0) is 81.0 Å². The van der Waals surface area contributed by atoms with Crippen LogP contribution in [0.3, 0.4) is 0 Å². The summed E-state index contributed by atoms with van der Waals surface area (Å²) in [6.45, 7) is 4.13. The number of hydrogen-bond acceptors (Lipinski definition) is 2. The average Bonchev–Trinajstić information content (AvgIpc) is 3.33. The van der Waals surface area contributed by atoms with Crippen molar-refractivity contribution in [3.05, 3.63) is 60.1 Å². The highest BCUT2D eigenvalue weighted by molar-refractivity contribution is 5.83. The number of aromatic nitrogens is 1. The lowest BCUT2D eigenvalue weighted by atomic mass is 9.89. The molecule has 2 heterocycles. The normalized spacial score (nSPS) is 14.9. The quantitative estimate of drug-likeness (QED) is 0.180. The highest BCUT2D eigenvalue weighted by atomic mass is 19.1. The fraction of sp³-hybridized carbons (Fsp3) is 0.594. The van der Waals surface area contributed by atoms with Gasteiger partial charge in [-0.3, -0.25) is 0 Å². The van der Waals surface area contributed by atoms with Gasteiger partial charge < -0.3 is 14.6 Å². The van der Waals surface area contributed by atoms with Crippen molar-refractivity contribution in [2.75, 3.05) is 19.7 Å². The van der Waals surface area contributed by atoms with Crippen LogP contribution in [0.1, 0.15) is 108 Å². The predicted octanol–water partition coefficient (Wildman–Crippen LogP) is 9.44. The molecule has 0 saturated carbocycles. The number of allylic oxidation sites excluding steroid dienone is 4. The van der Waals surface area contributed by atoms with Gasteiger partial charge in [0.25, 0.3) is 0 Å². The Kier molecular flexibility index (Phi) is 13.4. The van der Waals surface area contributed by atoms with Crippen LogP contribution in [-0.2, 0) is 4.74 Å². The van der Waals surface area contributed by atoms with Gasteiger partial charge in [-0.15, -0.1) is 0 Å². The molecule has 1 aliphatic heterocycles. The Morgan fingerprint density at radius 1 is 0.973 bits per heavy atom. The van der Waals surface area contributed by atoms with Crippen molar-refractivity contribution in [3.8, 4) is 0 Å². The van der Waals surface area contributed by atoms with Crippen molar-refractivity contribution in [3.63, 3.8) is 0 Å². The zero-order valence-corrected chi connectivity index (χ0v) is 22.9. The number of carbonyl (C=O) groups excluding carboxylic acids is 1. The number of nitrogens with zero attached hydrogens (tertiary/aromatic N) is 1. The molecule has 0 aliphatic carbocycles. The molecule has 37 heavy (non-hydrogen) atoms. The van der Waals surface area contributed by atoms with Crippen LogP contribution in [0.25, 0.3) is 10.9 Å². The monoisotopic (exact) mass is 510 g/mol. The van der Waals surface area contributed by atoms with Gasteiger partial charge in [-0.25, -0.2) is 9.18 Å². The van der Waals surface area contributed by atoms with E-state index in [0.717, 1.165) is 48.6 Å². The minimum absolute atomic E-state index is 0.189. The molecule has 1 aromatic carbocycles. The Morgan fingerprint density at radius 3 is 2.38 bits per heavy atom. The summed E-state index contributed by atoms with van der Waals surface area (Å²) in [6, 6.07) is 4.87. The Hall–Kier alpha value is -2.56. The molecule has 1 aliphatic rings. The molecule has 204 valence electrons. The summed E-state index contributed by atoms with van der Waals surface area (Å²) in [7, 11) is 0. The van der Waals surface area contributed by atoms with E-state index in [0.29, 0.717) is 25.6 Å². The van der Waals surface area contributed by atoms with Crippen LogP contribution in [0.5, 0.6) is 0 Å². The summed E-state index contributed by atoms with van der Waals surface area (Å²) in [5.41, 5.74) is 2.12. The second-order valence-electron chi connectivity index (χ2n) is 10.4. The molecule has 0 spiro atoms. The van der Waals surface area contributed by atoms with Crippen molar-refractivity contribution >= 4 is 17.0 Å². The Labute approximate surface area is 223 Å². The predicted molar refractivity (Wildman–Crippen MR) is 153 cm³/mol. The first-order valence-corrected chi connectivity index (χ1v) is 14.7. The van der Waals surface area contributed by atoms with Crippen LogP contribution in [0.15, 0.2) is 48.7 Å². The molecular formula is C32H47FN2O2. The number of H-pyrrole nitrogens is 1. The van der Waals surface area contributed by atoms with Gasteiger partial charge in [-0.1, -0.05) is 69.8 Å². The van der Waals surface area contributed by atoms with Crippen LogP contribution >= 0.6 is 0 Å². The van der Waals surface area contributed by atoms with E-state index in [1.54, 1.807) is 12.1 Å². The third kappa shape index (κ3) is 10.4. The first-order chi connectivity index (χ1) is 18.2. The van der Waals surface area contributed by atoms with E-state index in [1.165, 1.54) is 63.9 Å². The van der Waals surface area contributed by atoms with Gasteiger partial charge in [0, 0.05) is 30.2 Å². The number of aromatic amines is 1. The van der Waals surface area contributed by atoms with Crippen molar-refractivity contribution in [1.82, 2.24) is 9.88 Å². The number of fused-ring (bicyclic) bond motifs is 1. The number of benzene rings is 1. The molecule has 1 aromatic heterocycles. The van der Waals surface area contributed by atoms with Crippen LogP contribution < -0.4 is 0 Å². The standard InChI is InChI=1S/C32H47FN2O2/c1-2-3-4-5-6-7-8-9-10-11-12-13-14-15-16-17-24-37-32(36)35-22-20-27(21-23-35)30-26-34-31-19-18-28(33)25-29(30)31/h6-7,9-10,18-19,25-27,34H,2-5,8,11-17,20-24H2,1H3/b7-6-,10-9-. The third-order valence-corrected chi connectivity index (χ3v) is 7.44. The first-order valence-electron chi connectivity index (χ1n) is 14.7. The average molecular weight is 511 g/mol. The van der Waals surface area contributed by atoms with Gasteiger partial charge in [0.1, 0.15) is 5.82 Å². The van der Waals surface area contributed by atoms with E-state index >= 15 is 0 Å². The summed E-state index contributed by atoms with van der Waals surface area (Å²) >= 11 is 0. The molecule has 3 rings (SSSR count). The largest absolute Gasteiger partial charge is 0.449 e. The van der Waals surface area contributed by atoms with E-state index in [1.807, 2.05) is 11.1 Å². The number of unbranched alkanes of at least 4 members (excludes halogenated alkanes) is 9. The fourth-order valence-electron chi connectivity index (χ4n) is 5.17. The topological polar surface area (TPSA) is 45.3 Å². The van der Waals surface area contributed by atoms with Crippen LogP contribution in [0, 0.1) is 5.82 Å². The molecule has 2 aromatic rings. The Morgan fingerprint density at radius 2 is 1.65 bits per heavy atom. The molecule has 0 atom stereocenters. The maximum atomic E-state index is 13.7. The van der Waals surface area contributed by atoms with E-state index in [4.69, 9.17) is 4.74 Å². The number of rotatable bonds is 16. The Balaban J connectivity index is 1.16. The molecule has 0 radical (unpaired) electrons. The zero-order chi connectivity index (χ0) is 26.1. The van der Waals surface area contributed by atoms with E-state index < -0.39 is 0 Å². The lowest BCUT2D eigenvalue weighted by Crippen LogP contribution is -2.38. The molecule has 0 bridgehead atoms. The van der Waals surface area contributed by atoms with Gasteiger partial charge in [0.05, 0.1) is 6.61 Å². The molecule has 5 heteroatoms. The molecule has 1 amide bonds. The lowest BCUT2D eigenvalue weighted by molar-refractivity contribution is 0.0912. The number of carbonyl (C=O) groups is 1. The number of amides is 1. The summed E-state index contributed by atoms with van der Waals surface area (Å²) in [4.78, 5) is 17.5. The third-order valence-electron chi connectivity index (χ3n) is 7.44. The Bertz CT molecular complexity index is 972. The number of piperidine rings is 1. The molecule has 4 nitrogen and oxygen atoms in total. The van der Waals surface area contributed by atoms with E-state index in [9.17, 15) is 9.18 Å². The highest BCUT2D eigenvalue weighted by Gasteiger charge is 2.26. The molecule has 1 fully saturated rings. The van der Waals surface area contributed by atoms with Crippen molar-refractivity contribution < 1.29 is 13.9 Å². The number of nitrogens with one attached hydrogen (secondary N) is 1. The number of hydrogen-bond donors (Lipinski definition) is 1. The van der Waals surface area contributed by atoms with Gasteiger partial charge in [0.2, 0.25) is 0 Å². The summed E-state index contributed by atoms with van der Waals surface area (Å²) in [5.74, 6) is 0.130. The minimum atomic E-state index is -0.210. The second kappa shape index (κ2) is 17.0. The van der Waals surface area contributed by atoms with Gasteiger partial charge >= 0.3 is 6.09 Å². The van der Waals surface area contributed by atoms with Crippen molar-refractivity contribution in [1.29, 1.82) is 0 Å². The van der Waals surface area contributed by atoms with E-state index in [2.05, 4.69) is 36.2 Å². The summed E-state index contributed by atoms with van der Waals surface area (Å²) < 4.78 is 19.2. The summed E-state index contributed by atoms with van der Waals surface area (Å²) in [5, 5.41) is 0.957. The second-order valence-corrected chi connectivity index (χ2v) is 10.4. The number of ether oxygens (including phenoxy) is 1. The van der Waals surface area contributed by atoms with Gasteiger partial charge in [0.15, 0.2) is 0 Å². The minimum Gasteiger partial charge on any atom is -0.449 e. The number of halogens is 1. The van der Waals surface area contributed by atoms with Gasteiger partial charge in [-0.2, -0.15) is 0 Å². The van der Waals surface area contributed by atoms with Crippen LogP contribution in [0.2, 0.25) is 0 Å². The lowest BCUT2D eigenvalue weighted by Gasteiger charge is -2.31. The summed E-state index contributed by atoms with van der Waals surface area (Å²) in [6.07, 6.45) is 27.2. The molecule has 1 saturated heterocycles. The SMILES string of the molecule is CCCCC/C=C\C/C=C\CCCCCCCCOC(=O)N1CCC(c2c[nH]c3ccc(F)cc23)CC1.